The lowest BCUT2D eigenvalue weighted by atomic mass is 10.1. The second kappa shape index (κ2) is 5.35. The van der Waals surface area contributed by atoms with E-state index in [9.17, 15) is 4.79 Å². The Bertz CT molecular complexity index is 426. The van der Waals surface area contributed by atoms with Gasteiger partial charge in [-0.25, -0.2) is 4.79 Å². The average Bonchev–Trinajstić information content (AvgIpc) is 2.39. The predicted molar refractivity (Wildman–Crippen MR) is 70.1 cm³/mol. The van der Waals surface area contributed by atoms with E-state index in [0.29, 0.717) is 6.04 Å². The van der Waals surface area contributed by atoms with Crippen LogP contribution in [0, 0.1) is 0 Å². The van der Waals surface area contributed by atoms with Crippen molar-refractivity contribution in [1.82, 2.24) is 9.88 Å². The number of carbonyl (C=O) groups is 1. The molecule has 5 nitrogen and oxygen atoms in total. The highest BCUT2D eigenvalue weighted by atomic mass is 16.4. The number of aromatic nitrogens is 1. The topological polar surface area (TPSA) is 56.7 Å². The summed E-state index contributed by atoms with van der Waals surface area (Å²) in [6, 6.07) is 2.33. The van der Waals surface area contributed by atoms with Gasteiger partial charge in [0.15, 0.2) is 0 Å². The molecule has 0 saturated carbocycles. The van der Waals surface area contributed by atoms with Crippen molar-refractivity contribution in [2.45, 2.75) is 19.9 Å². The van der Waals surface area contributed by atoms with Crippen molar-refractivity contribution in [3.05, 3.63) is 24.0 Å². The average molecular weight is 249 g/mol. The van der Waals surface area contributed by atoms with Crippen molar-refractivity contribution < 1.29 is 9.90 Å². The standard InChI is InChI=1S/C13H19N3O2/c1-10(2)15-5-7-16(8-6-15)12-3-4-14-9-11(12)13(17)18/h3-4,9-10H,5-8H2,1-2H3,(H,17,18). The fourth-order valence-corrected chi connectivity index (χ4v) is 2.31. The smallest absolute Gasteiger partial charge is 0.339 e. The van der Waals surface area contributed by atoms with Crippen LogP contribution in [0.25, 0.3) is 0 Å². The highest BCUT2D eigenvalue weighted by Crippen LogP contribution is 2.21. The second-order valence-electron chi connectivity index (χ2n) is 4.81. The highest BCUT2D eigenvalue weighted by Gasteiger charge is 2.22. The van der Waals surface area contributed by atoms with E-state index < -0.39 is 5.97 Å². The first-order chi connectivity index (χ1) is 8.59. The maximum absolute atomic E-state index is 11.2. The molecule has 1 fully saturated rings. The predicted octanol–water partition coefficient (Wildman–Crippen LogP) is 1.31. The molecular weight excluding hydrogens is 230 g/mol. The van der Waals surface area contributed by atoms with Crippen LogP contribution in [0.1, 0.15) is 24.2 Å². The lowest BCUT2D eigenvalue weighted by Crippen LogP contribution is -2.49. The summed E-state index contributed by atoms with van der Waals surface area (Å²) in [7, 11) is 0. The number of aromatic carboxylic acids is 1. The third kappa shape index (κ3) is 2.61. The Morgan fingerprint density at radius 1 is 1.33 bits per heavy atom. The van der Waals surface area contributed by atoms with Crippen LogP contribution in [-0.2, 0) is 0 Å². The van der Waals surface area contributed by atoms with Crippen LogP contribution in [0.2, 0.25) is 0 Å². The first-order valence-electron chi connectivity index (χ1n) is 6.26. The van der Waals surface area contributed by atoms with Crippen LogP contribution in [0.5, 0.6) is 0 Å². The number of piperazine rings is 1. The lowest BCUT2D eigenvalue weighted by Gasteiger charge is -2.38. The number of anilines is 1. The molecule has 1 aromatic rings. The van der Waals surface area contributed by atoms with Crippen molar-refractivity contribution in [1.29, 1.82) is 0 Å². The molecule has 0 radical (unpaired) electrons. The minimum Gasteiger partial charge on any atom is -0.478 e. The summed E-state index contributed by atoms with van der Waals surface area (Å²) < 4.78 is 0. The largest absolute Gasteiger partial charge is 0.478 e. The van der Waals surface area contributed by atoms with Gasteiger partial charge in [-0.15, -0.1) is 0 Å². The molecule has 0 spiro atoms. The monoisotopic (exact) mass is 249 g/mol. The van der Waals surface area contributed by atoms with Crippen molar-refractivity contribution >= 4 is 11.7 Å². The van der Waals surface area contributed by atoms with Crippen LogP contribution in [0.3, 0.4) is 0 Å². The molecule has 0 atom stereocenters. The summed E-state index contributed by atoms with van der Waals surface area (Å²) in [6.45, 7) is 8.04. The molecule has 2 heterocycles. The molecule has 98 valence electrons. The summed E-state index contributed by atoms with van der Waals surface area (Å²) in [5, 5.41) is 9.16. The Hall–Kier alpha value is -1.62. The molecule has 0 unspecified atom stereocenters. The lowest BCUT2D eigenvalue weighted by molar-refractivity contribution is 0.0697. The molecule has 1 aliphatic heterocycles. The Balaban J connectivity index is 2.12. The molecule has 1 aliphatic rings. The van der Waals surface area contributed by atoms with Gasteiger partial charge < -0.3 is 10.0 Å². The third-order valence-corrected chi connectivity index (χ3v) is 3.41. The summed E-state index contributed by atoms with van der Waals surface area (Å²) in [5.41, 5.74) is 1.07. The first kappa shape index (κ1) is 12.8. The molecule has 0 aliphatic carbocycles. The molecule has 1 aromatic heterocycles. The van der Waals surface area contributed by atoms with E-state index in [4.69, 9.17) is 5.11 Å². The normalized spacial score (nSPS) is 17.2. The first-order valence-corrected chi connectivity index (χ1v) is 6.26. The van der Waals surface area contributed by atoms with Gasteiger partial charge in [-0.05, 0) is 19.9 Å². The molecule has 1 N–H and O–H groups in total. The number of carboxylic acids is 1. The zero-order valence-corrected chi connectivity index (χ0v) is 10.8. The van der Waals surface area contributed by atoms with Gasteiger partial charge in [0.25, 0.3) is 0 Å². The van der Waals surface area contributed by atoms with Crippen molar-refractivity contribution in [2.24, 2.45) is 0 Å². The van der Waals surface area contributed by atoms with E-state index in [-0.39, 0.29) is 5.56 Å². The van der Waals surface area contributed by atoms with E-state index in [2.05, 4.69) is 28.6 Å². The van der Waals surface area contributed by atoms with Crippen LogP contribution in [0.15, 0.2) is 18.5 Å². The minimum absolute atomic E-state index is 0.287. The third-order valence-electron chi connectivity index (χ3n) is 3.41. The van der Waals surface area contributed by atoms with Gasteiger partial charge >= 0.3 is 5.97 Å². The molecule has 0 amide bonds. The molecule has 18 heavy (non-hydrogen) atoms. The van der Waals surface area contributed by atoms with Gasteiger partial charge in [-0.1, -0.05) is 0 Å². The maximum Gasteiger partial charge on any atom is 0.339 e. The molecule has 0 aromatic carbocycles. The van der Waals surface area contributed by atoms with Crippen molar-refractivity contribution in [3.63, 3.8) is 0 Å². The minimum atomic E-state index is -0.913. The van der Waals surface area contributed by atoms with Gasteiger partial charge in [0.2, 0.25) is 0 Å². The summed E-state index contributed by atoms with van der Waals surface area (Å²) in [6.07, 6.45) is 3.07. The Labute approximate surface area is 107 Å². The molecule has 1 saturated heterocycles. The van der Waals surface area contributed by atoms with Gasteiger partial charge in [-0.2, -0.15) is 0 Å². The zero-order chi connectivity index (χ0) is 13.1. The number of hydrogen-bond acceptors (Lipinski definition) is 4. The Kier molecular flexibility index (Phi) is 3.81. The zero-order valence-electron chi connectivity index (χ0n) is 10.8. The number of rotatable bonds is 3. The van der Waals surface area contributed by atoms with E-state index in [0.717, 1.165) is 31.9 Å². The fourth-order valence-electron chi connectivity index (χ4n) is 2.31. The van der Waals surface area contributed by atoms with E-state index >= 15 is 0 Å². The fraction of sp³-hybridized carbons (Fsp3) is 0.538. The van der Waals surface area contributed by atoms with Crippen molar-refractivity contribution in [2.75, 3.05) is 31.1 Å². The molecular formula is C13H19N3O2. The number of nitrogens with zero attached hydrogens (tertiary/aromatic N) is 3. The SMILES string of the molecule is CC(C)N1CCN(c2ccncc2C(=O)O)CC1. The highest BCUT2D eigenvalue weighted by molar-refractivity contribution is 5.94. The Morgan fingerprint density at radius 3 is 2.56 bits per heavy atom. The second-order valence-corrected chi connectivity index (χ2v) is 4.81. The molecule has 0 bridgehead atoms. The van der Waals surface area contributed by atoms with Crippen LogP contribution < -0.4 is 4.90 Å². The molecule has 2 rings (SSSR count). The van der Waals surface area contributed by atoms with Gasteiger partial charge in [0, 0.05) is 44.6 Å². The summed E-state index contributed by atoms with van der Waals surface area (Å²) >= 11 is 0. The van der Waals surface area contributed by atoms with Crippen LogP contribution >= 0.6 is 0 Å². The van der Waals surface area contributed by atoms with Gasteiger partial charge in [0.05, 0.1) is 5.69 Å². The van der Waals surface area contributed by atoms with Gasteiger partial charge in [-0.3, -0.25) is 9.88 Å². The molecule has 5 heteroatoms. The quantitative estimate of drug-likeness (QED) is 0.875. The number of hydrogen-bond donors (Lipinski definition) is 1. The summed E-state index contributed by atoms with van der Waals surface area (Å²) in [5.74, 6) is -0.913. The number of pyridine rings is 1. The van der Waals surface area contributed by atoms with E-state index in [1.54, 1.807) is 12.3 Å². The maximum atomic E-state index is 11.2. The van der Waals surface area contributed by atoms with Crippen LogP contribution in [-0.4, -0.2) is 53.2 Å². The van der Waals surface area contributed by atoms with Gasteiger partial charge in [0.1, 0.15) is 5.56 Å². The van der Waals surface area contributed by atoms with E-state index in [1.807, 2.05) is 0 Å². The Morgan fingerprint density at radius 2 is 2.00 bits per heavy atom. The summed E-state index contributed by atoms with van der Waals surface area (Å²) in [4.78, 5) is 19.6. The number of carboxylic acid groups (broad SMARTS) is 1. The van der Waals surface area contributed by atoms with E-state index in [1.165, 1.54) is 6.20 Å². The van der Waals surface area contributed by atoms with Crippen LogP contribution in [0.4, 0.5) is 5.69 Å². The van der Waals surface area contributed by atoms with Crippen molar-refractivity contribution in [3.8, 4) is 0 Å².